The summed E-state index contributed by atoms with van der Waals surface area (Å²) in [5, 5.41) is 9.02. The van der Waals surface area contributed by atoms with Crippen LogP contribution in [0.4, 0.5) is 0 Å². The van der Waals surface area contributed by atoms with Gasteiger partial charge in [0.15, 0.2) is 0 Å². The summed E-state index contributed by atoms with van der Waals surface area (Å²) < 4.78 is 5.99. The summed E-state index contributed by atoms with van der Waals surface area (Å²) in [5.74, 6) is -1.79. The van der Waals surface area contributed by atoms with Gasteiger partial charge in [-0.2, -0.15) is 0 Å². The van der Waals surface area contributed by atoms with Crippen molar-refractivity contribution in [3.8, 4) is 5.75 Å². The molecule has 1 unspecified atom stereocenters. The first-order valence-corrected chi connectivity index (χ1v) is 7.00. The van der Waals surface area contributed by atoms with E-state index in [2.05, 4.69) is 15.9 Å². The minimum Gasteiger partial charge on any atom is -0.497 e. The SMILES string of the molecule is CCC(C(=O)O)C(=O)N(C)Cc1cc(OC)ccc1Br. The number of hydrogen-bond donors (Lipinski definition) is 1. The Bertz CT molecular complexity index is 504. The number of benzene rings is 1. The van der Waals surface area contributed by atoms with Crippen molar-refractivity contribution in [1.29, 1.82) is 0 Å². The second-order valence-corrected chi connectivity index (χ2v) is 5.31. The molecule has 1 amide bonds. The molecule has 1 rings (SSSR count). The second kappa shape index (κ2) is 7.28. The zero-order valence-electron chi connectivity index (χ0n) is 11.7. The van der Waals surface area contributed by atoms with Crippen molar-refractivity contribution in [3.63, 3.8) is 0 Å². The van der Waals surface area contributed by atoms with Gasteiger partial charge in [0.05, 0.1) is 7.11 Å². The molecule has 0 aromatic heterocycles. The maximum absolute atomic E-state index is 12.1. The molecule has 6 heteroatoms. The van der Waals surface area contributed by atoms with E-state index in [0.717, 1.165) is 10.0 Å². The quantitative estimate of drug-likeness (QED) is 0.806. The van der Waals surface area contributed by atoms with Gasteiger partial charge < -0.3 is 14.7 Å². The lowest BCUT2D eigenvalue weighted by molar-refractivity contribution is -0.150. The monoisotopic (exact) mass is 343 g/mol. The number of nitrogens with zero attached hydrogens (tertiary/aromatic N) is 1. The summed E-state index contributed by atoms with van der Waals surface area (Å²) in [5.41, 5.74) is 0.862. The van der Waals surface area contributed by atoms with E-state index in [4.69, 9.17) is 9.84 Å². The van der Waals surface area contributed by atoms with Crippen LogP contribution < -0.4 is 4.74 Å². The normalized spacial score (nSPS) is 11.8. The zero-order valence-corrected chi connectivity index (χ0v) is 13.3. The highest BCUT2D eigenvalue weighted by Gasteiger charge is 2.27. The van der Waals surface area contributed by atoms with Crippen molar-refractivity contribution in [2.75, 3.05) is 14.2 Å². The molecule has 0 aliphatic carbocycles. The van der Waals surface area contributed by atoms with Crippen molar-refractivity contribution < 1.29 is 19.4 Å². The second-order valence-electron chi connectivity index (χ2n) is 4.45. The Balaban J connectivity index is 2.87. The first-order chi connectivity index (χ1) is 9.40. The van der Waals surface area contributed by atoms with E-state index in [1.54, 1.807) is 21.1 Å². The lowest BCUT2D eigenvalue weighted by atomic mass is 10.1. The molecule has 110 valence electrons. The van der Waals surface area contributed by atoms with E-state index < -0.39 is 17.8 Å². The van der Waals surface area contributed by atoms with Gasteiger partial charge in [0.1, 0.15) is 11.7 Å². The number of carbonyl (C=O) groups is 2. The summed E-state index contributed by atoms with van der Waals surface area (Å²) in [7, 11) is 3.17. The third-order valence-corrected chi connectivity index (χ3v) is 3.81. The van der Waals surface area contributed by atoms with Gasteiger partial charge in [0, 0.05) is 18.1 Å². The summed E-state index contributed by atoms with van der Waals surface area (Å²) in [4.78, 5) is 24.5. The molecule has 1 N–H and O–H groups in total. The Morgan fingerprint density at radius 3 is 2.60 bits per heavy atom. The average molecular weight is 344 g/mol. The molecule has 0 aliphatic rings. The molecule has 0 saturated heterocycles. The zero-order chi connectivity index (χ0) is 15.3. The Hall–Kier alpha value is -1.56. The van der Waals surface area contributed by atoms with Crippen LogP contribution in [0.2, 0.25) is 0 Å². The number of aliphatic carboxylic acids is 1. The molecular formula is C14H18BrNO4. The number of rotatable bonds is 6. The van der Waals surface area contributed by atoms with E-state index in [9.17, 15) is 9.59 Å². The fourth-order valence-electron chi connectivity index (χ4n) is 1.85. The van der Waals surface area contributed by atoms with Crippen LogP contribution in [0.25, 0.3) is 0 Å². The van der Waals surface area contributed by atoms with E-state index in [1.807, 2.05) is 18.2 Å². The minimum absolute atomic E-state index is 0.276. The fraction of sp³-hybridized carbons (Fsp3) is 0.429. The number of carboxylic acids is 1. The highest BCUT2D eigenvalue weighted by molar-refractivity contribution is 9.10. The van der Waals surface area contributed by atoms with Crippen LogP contribution in [0.5, 0.6) is 5.75 Å². The lowest BCUT2D eigenvalue weighted by Crippen LogP contribution is -2.36. The van der Waals surface area contributed by atoms with Gasteiger partial charge in [-0.05, 0) is 30.2 Å². The summed E-state index contributed by atoms with van der Waals surface area (Å²) in [6.07, 6.45) is 0.276. The molecule has 0 heterocycles. The van der Waals surface area contributed by atoms with Crippen LogP contribution >= 0.6 is 15.9 Å². The first-order valence-electron chi connectivity index (χ1n) is 6.20. The van der Waals surface area contributed by atoms with E-state index >= 15 is 0 Å². The van der Waals surface area contributed by atoms with Crippen LogP contribution in [-0.2, 0) is 16.1 Å². The number of amides is 1. The number of hydrogen-bond acceptors (Lipinski definition) is 3. The summed E-state index contributed by atoms with van der Waals surface area (Å²) >= 11 is 3.41. The fourth-order valence-corrected chi connectivity index (χ4v) is 2.23. The smallest absolute Gasteiger partial charge is 0.316 e. The van der Waals surface area contributed by atoms with Gasteiger partial charge in [0.25, 0.3) is 0 Å². The van der Waals surface area contributed by atoms with Crippen molar-refractivity contribution >= 4 is 27.8 Å². The predicted molar refractivity (Wildman–Crippen MR) is 78.6 cm³/mol. The molecule has 1 aromatic rings. The van der Waals surface area contributed by atoms with Gasteiger partial charge >= 0.3 is 5.97 Å². The van der Waals surface area contributed by atoms with Crippen LogP contribution in [0.15, 0.2) is 22.7 Å². The molecule has 1 atom stereocenters. The Morgan fingerprint density at radius 2 is 2.10 bits per heavy atom. The van der Waals surface area contributed by atoms with Crippen LogP contribution in [-0.4, -0.2) is 36.0 Å². The largest absolute Gasteiger partial charge is 0.497 e. The van der Waals surface area contributed by atoms with Crippen molar-refractivity contribution in [2.24, 2.45) is 5.92 Å². The van der Waals surface area contributed by atoms with Gasteiger partial charge in [-0.15, -0.1) is 0 Å². The summed E-state index contributed by atoms with van der Waals surface area (Å²) in [6, 6.07) is 5.46. The highest BCUT2D eigenvalue weighted by Crippen LogP contribution is 2.24. The molecule has 5 nitrogen and oxygen atoms in total. The number of methoxy groups -OCH3 is 1. The third-order valence-electron chi connectivity index (χ3n) is 3.04. The summed E-state index contributed by atoms with van der Waals surface area (Å²) in [6.45, 7) is 2.01. The van der Waals surface area contributed by atoms with Crippen molar-refractivity contribution in [1.82, 2.24) is 4.90 Å². The molecule has 0 saturated carbocycles. The number of carboxylic acid groups (broad SMARTS) is 1. The van der Waals surface area contributed by atoms with Gasteiger partial charge in [-0.1, -0.05) is 22.9 Å². The van der Waals surface area contributed by atoms with Crippen molar-refractivity contribution in [3.05, 3.63) is 28.2 Å². The lowest BCUT2D eigenvalue weighted by Gasteiger charge is -2.21. The standard InChI is InChI=1S/C14H18BrNO4/c1-4-11(14(18)19)13(17)16(2)8-9-7-10(20-3)5-6-12(9)15/h5-7,11H,4,8H2,1-3H3,(H,18,19). The Morgan fingerprint density at radius 1 is 1.45 bits per heavy atom. The molecule has 20 heavy (non-hydrogen) atoms. The molecule has 0 radical (unpaired) electrons. The van der Waals surface area contributed by atoms with Gasteiger partial charge in [-0.25, -0.2) is 0 Å². The topological polar surface area (TPSA) is 66.8 Å². The molecule has 0 fully saturated rings. The van der Waals surface area contributed by atoms with E-state index in [0.29, 0.717) is 12.3 Å². The number of ether oxygens (including phenoxy) is 1. The van der Waals surface area contributed by atoms with Gasteiger partial charge in [0.2, 0.25) is 5.91 Å². The first kappa shape index (κ1) is 16.5. The molecule has 0 aliphatic heterocycles. The van der Waals surface area contributed by atoms with Crippen LogP contribution in [0.1, 0.15) is 18.9 Å². The Labute approximate surface area is 126 Å². The molecule has 1 aromatic carbocycles. The van der Waals surface area contributed by atoms with E-state index in [1.165, 1.54) is 4.90 Å². The highest BCUT2D eigenvalue weighted by atomic mass is 79.9. The molecule has 0 spiro atoms. The van der Waals surface area contributed by atoms with Gasteiger partial charge in [-0.3, -0.25) is 9.59 Å². The number of halogens is 1. The minimum atomic E-state index is -1.09. The maximum atomic E-state index is 12.1. The predicted octanol–water partition coefficient (Wildman–Crippen LogP) is 2.53. The molecule has 0 bridgehead atoms. The van der Waals surface area contributed by atoms with Crippen molar-refractivity contribution in [2.45, 2.75) is 19.9 Å². The third kappa shape index (κ3) is 3.96. The Kier molecular flexibility index (Phi) is 6.01. The maximum Gasteiger partial charge on any atom is 0.316 e. The molecular weight excluding hydrogens is 326 g/mol. The van der Waals surface area contributed by atoms with E-state index in [-0.39, 0.29) is 6.42 Å². The van der Waals surface area contributed by atoms with Crippen LogP contribution in [0.3, 0.4) is 0 Å². The number of carbonyl (C=O) groups excluding carboxylic acids is 1. The average Bonchev–Trinajstić information content (AvgIpc) is 2.41. The van der Waals surface area contributed by atoms with Crippen LogP contribution in [0, 0.1) is 5.92 Å².